The van der Waals surface area contributed by atoms with Gasteiger partial charge in [-0.3, -0.25) is 4.99 Å². The summed E-state index contributed by atoms with van der Waals surface area (Å²) < 4.78 is 0. The number of rotatable bonds is 2. The highest BCUT2D eigenvalue weighted by molar-refractivity contribution is 5.80. The molecule has 0 spiro atoms. The van der Waals surface area contributed by atoms with Gasteiger partial charge in [0, 0.05) is 6.04 Å². The van der Waals surface area contributed by atoms with Crippen LogP contribution >= 0.6 is 0 Å². The van der Waals surface area contributed by atoms with Crippen LogP contribution in [0.5, 0.6) is 0 Å². The van der Waals surface area contributed by atoms with Crippen molar-refractivity contribution in [3.8, 4) is 0 Å². The zero-order chi connectivity index (χ0) is 9.28. The molecule has 0 aliphatic heterocycles. The average molecular weight is 156 g/mol. The molecule has 0 amide bonds. The fourth-order valence-corrected chi connectivity index (χ4v) is 0.572. The summed E-state index contributed by atoms with van der Waals surface area (Å²) in [7, 11) is 0. The van der Waals surface area contributed by atoms with E-state index in [0.29, 0.717) is 6.04 Å². The van der Waals surface area contributed by atoms with Crippen LogP contribution in [0.25, 0.3) is 0 Å². The Morgan fingerprint density at radius 3 is 2.18 bits per heavy atom. The Hall–Kier alpha value is -0.790. The van der Waals surface area contributed by atoms with Gasteiger partial charge in [-0.15, -0.1) is 0 Å². The van der Waals surface area contributed by atoms with Crippen molar-refractivity contribution >= 4 is 5.84 Å². The van der Waals surface area contributed by atoms with Gasteiger partial charge in [-0.2, -0.15) is 0 Å². The summed E-state index contributed by atoms with van der Waals surface area (Å²) in [5, 5.41) is 2.89. The van der Waals surface area contributed by atoms with Crippen molar-refractivity contribution in [2.45, 2.75) is 40.7 Å². The van der Waals surface area contributed by atoms with Crippen molar-refractivity contribution in [3.05, 3.63) is 12.8 Å². The molecule has 0 atom stereocenters. The highest BCUT2D eigenvalue weighted by Gasteiger charge is 1.87. The van der Waals surface area contributed by atoms with Crippen LogP contribution < -0.4 is 5.32 Å². The number of nitrogens with one attached hydrogen (secondary N) is 1. The maximum absolute atomic E-state index is 4.20. The average Bonchev–Trinajstić information content (AvgIpc) is 1.91. The third kappa shape index (κ3) is 12.4. The molecule has 0 aliphatic carbocycles. The molecule has 0 aromatic heterocycles. The maximum Gasteiger partial charge on any atom is 0.0973 e. The monoisotopic (exact) mass is 156 g/mol. The molecular weight excluding hydrogens is 136 g/mol. The van der Waals surface area contributed by atoms with E-state index in [4.69, 9.17) is 0 Å². The second-order valence-corrected chi connectivity index (χ2v) is 2.16. The summed E-state index contributed by atoms with van der Waals surface area (Å²) >= 11 is 0. The quantitative estimate of drug-likeness (QED) is 0.482. The Morgan fingerprint density at radius 2 is 1.91 bits per heavy atom. The minimum absolute atomic E-state index is 0.359. The third-order valence-corrected chi connectivity index (χ3v) is 0.763. The van der Waals surface area contributed by atoms with Gasteiger partial charge in [0.2, 0.25) is 0 Å². The van der Waals surface area contributed by atoms with Gasteiger partial charge in [-0.1, -0.05) is 20.4 Å². The number of amidine groups is 1. The molecule has 0 aromatic rings. The van der Waals surface area contributed by atoms with Crippen molar-refractivity contribution in [1.82, 2.24) is 5.32 Å². The molecular formula is C9H20N2. The molecule has 0 radical (unpaired) electrons. The fraction of sp³-hybridized carbons (Fsp3) is 0.667. The van der Waals surface area contributed by atoms with E-state index in [-0.39, 0.29) is 0 Å². The zero-order valence-corrected chi connectivity index (χ0v) is 8.31. The van der Waals surface area contributed by atoms with Crippen LogP contribution in [-0.4, -0.2) is 11.9 Å². The van der Waals surface area contributed by atoms with Gasteiger partial charge < -0.3 is 5.32 Å². The molecule has 1 N–H and O–H groups in total. The standard InChI is InChI=1S/C7H14N2.C2H6/c1-5-8-7(4)9-6(2)3;1-2/h5-6H,1H2,2-4H3,(H,8,9);1-2H3. The maximum atomic E-state index is 4.20. The minimum atomic E-state index is 0.359. The predicted molar refractivity (Wildman–Crippen MR) is 52.9 cm³/mol. The van der Waals surface area contributed by atoms with Crippen LogP contribution in [0, 0.1) is 0 Å². The molecule has 0 rings (SSSR count). The van der Waals surface area contributed by atoms with E-state index in [1.165, 1.54) is 0 Å². The molecule has 66 valence electrons. The Bertz CT molecular complexity index is 115. The molecule has 0 bridgehead atoms. The van der Waals surface area contributed by atoms with Crippen molar-refractivity contribution in [2.75, 3.05) is 0 Å². The molecule has 0 aliphatic rings. The number of hydrogen-bond acceptors (Lipinski definition) is 1. The van der Waals surface area contributed by atoms with E-state index < -0.39 is 0 Å². The second-order valence-electron chi connectivity index (χ2n) is 2.16. The van der Waals surface area contributed by atoms with Crippen LogP contribution in [-0.2, 0) is 0 Å². The van der Waals surface area contributed by atoms with Gasteiger partial charge in [-0.05, 0) is 27.0 Å². The Morgan fingerprint density at radius 1 is 1.45 bits per heavy atom. The van der Waals surface area contributed by atoms with Crippen LogP contribution in [0.3, 0.4) is 0 Å². The van der Waals surface area contributed by atoms with Crippen molar-refractivity contribution in [1.29, 1.82) is 0 Å². The summed E-state index contributed by atoms with van der Waals surface area (Å²) in [5.41, 5.74) is 0. The van der Waals surface area contributed by atoms with Crippen molar-refractivity contribution < 1.29 is 0 Å². The molecule has 2 heteroatoms. The number of nitrogens with zero attached hydrogens (tertiary/aromatic N) is 1. The van der Waals surface area contributed by atoms with Gasteiger partial charge in [0.15, 0.2) is 0 Å². The molecule has 0 aromatic carbocycles. The van der Waals surface area contributed by atoms with Gasteiger partial charge in [-0.25, -0.2) is 0 Å². The lowest BCUT2D eigenvalue weighted by atomic mass is 10.4. The molecule has 0 saturated heterocycles. The summed E-state index contributed by atoms with van der Waals surface area (Å²) in [4.78, 5) is 4.20. The van der Waals surface area contributed by atoms with E-state index in [1.807, 2.05) is 34.6 Å². The normalized spacial score (nSPS) is 10.2. The first-order chi connectivity index (χ1) is 5.16. The number of hydrogen-bond donors (Lipinski definition) is 1. The van der Waals surface area contributed by atoms with Gasteiger partial charge in [0.25, 0.3) is 0 Å². The lowest BCUT2D eigenvalue weighted by molar-refractivity contribution is 0.827. The largest absolute Gasteiger partial charge is 0.351 e. The Labute approximate surface area is 70.4 Å². The second kappa shape index (κ2) is 9.21. The van der Waals surface area contributed by atoms with Gasteiger partial charge in [0.1, 0.15) is 0 Å². The topological polar surface area (TPSA) is 24.4 Å². The van der Waals surface area contributed by atoms with Gasteiger partial charge >= 0.3 is 0 Å². The Kier molecular flexibility index (Phi) is 10.8. The summed E-state index contributed by atoms with van der Waals surface area (Å²) in [6.45, 7) is 13.5. The zero-order valence-electron chi connectivity index (χ0n) is 8.31. The first-order valence-electron chi connectivity index (χ1n) is 4.08. The molecule has 0 unspecified atom stereocenters. The Balaban J connectivity index is 0. The van der Waals surface area contributed by atoms with Crippen LogP contribution in [0.15, 0.2) is 17.8 Å². The highest BCUT2D eigenvalue weighted by Crippen LogP contribution is 1.85. The molecule has 0 heterocycles. The van der Waals surface area contributed by atoms with E-state index in [2.05, 4.69) is 16.9 Å². The van der Waals surface area contributed by atoms with Crippen LogP contribution in [0.2, 0.25) is 0 Å². The fourth-order valence-electron chi connectivity index (χ4n) is 0.572. The summed E-state index contributed by atoms with van der Waals surface area (Å²) in [6, 6.07) is 0.359. The molecule has 0 saturated carbocycles. The smallest absolute Gasteiger partial charge is 0.0973 e. The SMILES string of the molecule is C=CNC(C)=NC(C)C.CC. The van der Waals surface area contributed by atoms with E-state index in [9.17, 15) is 0 Å². The van der Waals surface area contributed by atoms with Gasteiger partial charge in [0.05, 0.1) is 5.84 Å². The highest BCUT2D eigenvalue weighted by atomic mass is 15.0. The summed E-state index contributed by atoms with van der Waals surface area (Å²) in [6.07, 6.45) is 1.63. The van der Waals surface area contributed by atoms with E-state index >= 15 is 0 Å². The lowest BCUT2D eigenvalue weighted by Crippen LogP contribution is -2.14. The minimum Gasteiger partial charge on any atom is -0.351 e. The van der Waals surface area contributed by atoms with Crippen LogP contribution in [0.4, 0.5) is 0 Å². The lowest BCUT2D eigenvalue weighted by Gasteiger charge is -2.00. The number of aliphatic imine (C=N–C) groups is 1. The predicted octanol–water partition coefficient (Wildman–Crippen LogP) is 2.57. The molecule has 11 heavy (non-hydrogen) atoms. The molecule has 2 nitrogen and oxygen atoms in total. The first-order valence-corrected chi connectivity index (χ1v) is 4.08. The summed E-state index contributed by atoms with van der Waals surface area (Å²) in [5.74, 6) is 0.917. The van der Waals surface area contributed by atoms with Crippen molar-refractivity contribution in [3.63, 3.8) is 0 Å². The first kappa shape index (κ1) is 12.8. The third-order valence-electron chi connectivity index (χ3n) is 0.763. The van der Waals surface area contributed by atoms with Crippen molar-refractivity contribution in [2.24, 2.45) is 4.99 Å². The van der Waals surface area contributed by atoms with E-state index in [0.717, 1.165) is 5.84 Å². The van der Waals surface area contributed by atoms with E-state index in [1.54, 1.807) is 6.20 Å². The van der Waals surface area contributed by atoms with Crippen LogP contribution in [0.1, 0.15) is 34.6 Å². The molecule has 0 fully saturated rings.